The molecule has 0 aliphatic heterocycles. The lowest BCUT2D eigenvalue weighted by atomic mass is 9.80. The first-order chi connectivity index (χ1) is 12.0. The molecule has 6 heteroatoms. The third kappa shape index (κ3) is 7.31. The molecule has 5 nitrogen and oxygen atoms in total. The number of aliphatic hydroxyl groups excluding tert-OH is 1. The van der Waals surface area contributed by atoms with Gasteiger partial charge in [-0.2, -0.15) is 0 Å². The monoisotopic (exact) mass is 475 g/mol. The number of hydrogen-bond donors (Lipinski definition) is 3. The van der Waals surface area contributed by atoms with Crippen LogP contribution in [0.1, 0.15) is 51.7 Å². The fourth-order valence-corrected chi connectivity index (χ4v) is 3.71. The van der Waals surface area contributed by atoms with E-state index >= 15 is 0 Å². The topological polar surface area (TPSA) is 65.9 Å². The van der Waals surface area contributed by atoms with Gasteiger partial charge in [-0.15, -0.1) is 24.0 Å². The van der Waals surface area contributed by atoms with E-state index in [1.165, 1.54) is 19.3 Å². The van der Waals surface area contributed by atoms with Gasteiger partial charge in [-0.1, -0.05) is 26.0 Å². The van der Waals surface area contributed by atoms with Gasteiger partial charge in [0.1, 0.15) is 5.75 Å². The summed E-state index contributed by atoms with van der Waals surface area (Å²) < 4.78 is 5.22. The van der Waals surface area contributed by atoms with E-state index in [0.717, 1.165) is 35.7 Å². The number of aliphatic imine (C=N–C) groups is 1. The Balaban J connectivity index is 0.00000338. The van der Waals surface area contributed by atoms with Crippen molar-refractivity contribution in [2.24, 2.45) is 16.8 Å². The van der Waals surface area contributed by atoms with E-state index in [0.29, 0.717) is 12.6 Å². The predicted molar refractivity (Wildman–Crippen MR) is 118 cm³/mol. The zero-order valence-corrected chi connectivity index (χ0v) is 18.7. The van der Waals surface area contributed by atoms with Crippen molar-refractivity contribution >= 4 is 29.9 Å². The zero-order valence-electron chi connectivity index (χ0n) is 16.4. The molecular weight excluding hydrogens is 441 g/mol. The van der Waals surface area contributed by atoms with Crippen molar-refractivity contribution in [3.05, 3.63) is 29.8 Å². The van der Waals surface area contributed by atoms with E-state index in [1.807, 2.05) is 24.3 Å². The summed E-state index contributed by atoms with van der Waals surface area (Å²) in [6, 6.07) is 7.95. The molecule has 0 radical (unpaired) electrons. The number of rotatable bonds is 6. The summed E-state index contributed by atoms with van der Waals surface area (Å²) in [6.07, 6.45) is 3.01. The molecule has 1 aliphatic carbocycles. The quantitative estimate of drug-likeness (QED) is 0.333. The Morgan fingerprint density at radius 1 is 1.27 bits per heavy atom. The van der Waals surface area contributed by atoms with E-state index in [2.05, 4.69) is 36.4 Å². The van der Waals surface area contributed by atoms with Crippen molar-refractivity contribution in [3.8, 4) is 5.75 Å². The van der Waals surface area contributed by atoms with E-state index in [4.69, 9.17) is 4.74 Å². The van der Waals surface area contributed by atoms with Crippen LogP contribution in [0.3, 0.4) is 0 Å². The highest BCUT2D eigenvalue weighted by Crippen LogP contribution is 2.28. The van der Waals surface area contributed by atoms with Gasteiger partial charge in [0.2, 0.25) is 0 Å². The van der Waals surface area contributed by atoms with Crippen molar-refractivity contribution in [1.29, 1.82) is 0 Å². The first-order valence-electron chi connectivity index (χ1n) is 9.38. The highest BCUT2D eigenvalue weighted by molar-refractivity contribution is 14.0. The summed E-state index contributed by atoms with van der Waals surface area (Å²) in [6.45, 7) is 7.82. The minimum Gasteiger partial charge on any atom is -0.497 e. The lowest BCUT2D eigenvalue weighted by molar-refractivity contribution is 0.186. The largest absolute Gasteiger partial charge is 0.497 e. The molecule has 0 spiro atoms. The van der Waals surface area contributed by atoms with Gasteiger partial charge >= 0.3 is 0 Å². The molecule has 26 heavy (non-hydrogen) atoms. The Hall–Kier alpha value is -1.02. The standard InChI is InChI=1S/C20H33N3O2.HI/c1-5-21-20(23-17-10-14(2)9-15(3)11-17)22-13-19(24)16-7-6-8-18(12-16)25-4;/h6-8,12,14-15,17,19,24H,5,9-11,13H2,1-4H3,(H2,21,22,23);1H. The minimum atomic E-state index is -0.644. The first-order valence-corrected chi connectivity index (χ1v) is 9.38. The van der Waals surface area contributed by atoms with Crippen LogP contribution in [0.2, 0.25) is 0 Å². The second-order valence-corrected chi connectivity index (χ2v) is 7.27. The van der Waals surface area contributed by atoms with Gasteiger partial charge in [0, 0.05) is 12.6 Å². The van der Waals surface area contributed by atoms with Gasteiger partial charge < -0.3 is 20.5 Å². The number of nitrogens with zero attached hydrogens (tertiary/aromatic N) is 1. The van der Waals surface area contributed by atoms with Crippen LogP contribution in [-0.2, 0) is 0 Å². The average Bonchev–Trinajstić information content (AvgIpc) is 2.58. The van der Waals surface area contributed by atoms with Crippen LogP contribution in [0.15, 0.2) is 29.3 Å². The van der Waals surface area contributed by atoms with E-state index in [1.54, 1.807) is 7.11 Å². The molecule has 1 aromatic carbocycles. The Morgan fingerprint density at radius 3 is 2.58 bits per heavy atom. The number of aliphatic hydroxyl groups is 1. The molecule has 3 N–H and O–H groups in total. The second-order valence-electron chi connectivity index (χ2n) is 7.27. The SMILES string of the molecule is CCNC(=NCC(O)c1cccc(OC)c1)NC1CC(C)CC(C)C1.I. The third-order valence-electron chi connectivity index (χ3n) is 4.76. The van der Waals surface area contributed by atoms with Crippen LogP contribution in [0.25, 0.3) is 0 Å². The number of methoxy groups -OCH3 is 1. The van der Waals surface area contributed by atoms with Gasteiger partial charge in [-0.3, -0.25) is 4.99 Å². The summed E-state index contributed by atoms with van der Waals surface area (Å²) in [4.78, 5) is 4.59. The molecule has 0 amide bonds. The molecule has 0 aromatic heterocycles. The number of hydrogen-bond acceptors (Lipinski definition) is 3. The van der Waals surface area contributed by atoms with Gasteiger partial charge in [0.05, 0.1) is 19.8 Å². The molecule has 1 fully saturated rings. The Labute approximate surface area is 175 Å². The van der Waals surface area contributed by atoms with Crippen molar-refractivity contribution in [1.82, 2.24) is 10.6 Å². The van der Waals surface area contributed by atoms with Crippen LogP contribution in [0.5, 0.6) is 5.75 Å². The van der Waals surface area contributed by atoms with Crippen LogP contribution < -0.4 is 15.4 Å². The van der Waals surface area contributed by atoms with Crippen LogP contribution in [0, 0.1) is 11.8 Å². The first kappa shape index (κ1) is 23.0. The summed E-state index contributed by atoms with van der Waals surface area (Å²) in [7, 11) is 1.63. The molecule has 1 aliphatic rings. The number of benzene rings is 1. The molecule has 0 heterocycles. The van der Waals surface area contributed by atoms with Crippen molar-refractivity contribution < 1.29 is 9.84 Å². The van der Waals surface area contributed by atoms with Crippen LogP contribution >= 0.6 is 24.0 Å². The molecule has 3 atom stereocenters. The predicted octanol–water partition coefficient (Wildman–Crippen LogP) is 3.73. The van der Waals surface area contributed by atoms with Gasteiger partial charge in [0.25, 0.3) is 0 Å². The smallest absolute Gasteiger partial charge is 0.191 e. The highest BCUT2D eigenvalue weighted by Gasteiger charge is 2.24. The molecule has 148 valence electrons. The number of halogens is 1. The van der Waals surface area contributed by atoms with Gasteiger partial charge in [-0.25, -0.2) is 0 Å². The maximum Gasteiger partial charge on any atom is 0.191 e. The molecule has 0 saturated heterocycles. The second kappa shape index (κ2) is 11.6. The maximum absolute atomic E-state index is 10.4. The van der Waals surface area contributed by atoms with E-state index in [-0.39, 0.29) is 24.0 Å². The fourth-order valence-electron chi connectivity index (χ4n) is 3.71. The number of nitrogens with one attached hydrogen (secondary N) is 2. The van der Waals surface area contributed by atoms with Gasteiger partial charge in [-0.05, 0) is 55.7 Å². The van der Waals surface area contributed by atoms with Crippen LogP contribution in [0.4, 0.5) is 0 Å². The summed E-state index contributed by atoms with van der Waals surface area (Å²) in [5.41, 5.74) is 0.818. The molecule has 3 unspecified atom stereocenters. The normalized spacial score (nSPS) is 24.3. The molecule has 1 saturated carbocycles. The van der Waals surface area contributed by atoms with Crippen molar-refractivity contribution in [2.75, 3.05) is 20.2 Å². The molecule has 1 aromatic rings. The third-order valence-corrected chi connectivity index (χ3v) is 4.76. The lowest BCUT2D eigenvalue weighted by Gasteiger charge is -2.33. The molecular formula is C20H34IN3O2. The fraction of sp³-hybridized carbons (Fsp3) is 0.650. The van der Waals surface area contributed by atoms with E-state index < -0.39 is 6.10 Å². The number of ether oxygens (including phenoxy) is 1. The van der Waals surface area contributed by atoms with Crippen molar-refractivity contribution in [2.45, 2.75) is 52.2 Å². The Morgan fingerprint density at radius 2 is 1.96 bits per heavy atom. The Kier molecular flexibility index (Phi) is 10.3. The van der Waals surface area contributed by atoms with Crippen molar-refractivity contribution in [3.63, 3.8) is 0 Å². The summed E-state index contributed by atoms with van der Waals surface area (Å²) >= 11 is 0. The lowest BCUT2D eigenvalue weighted by Crippen LogP contribution is -2.46. The summed E-state index contributed by atoms with van der Waals surface area (Å²) in [5.74, 6) is 3.02. The number of guanidine groups is 1. The zero-order chi connectivity index (χ0) is 18.2. The maximum atomic E-state index is 10.4. The van der Waals surface area contributed by atoms with Crippen LogP contribution in [-0.4, -0.2) is 37.3 Å². The highest BCUT2D eigenvalue weighted by atomic mass is 127. The minimum absolute atomic E-state index is 0. The van der Waals surface area contributed by atoms with Gasteiger partial charge in [0.15, 0.2) is 5.96 Å². The van der Waals surface area contributed by atoms with E-state index in [9.17, 15) is 5.11 Å². The molecule has 2 rings (SSSR count). The Bertz CT molecular complexity index is 558. The molecule has 0 bridgehead atoms. The average molecular weight is 475 g/mol. The summed E-state index contributed by atoms with van der Waals surface area (Å²) in [5, 5.41) is 17.3.